The highest BCUT2D eigenvalue weighted by Crippen LogP contribution is 2.30. The molecule has 3 aromatic carbocycles. The predicted octanol–water partition coefficient (Wildman–Crippen LogP) is 6.35. The van der Waals surface area contributed by atoms with Crippen molar-refractivity contribution in [2.45, 2.75) is 76.3 Å². The van der Waals surface area contributed by atoms with E-state index in [0.29, 0.717) is 18.0 Å². The highest BCUT2D eigenvalue weighted by molar-refractivity contribution is 7.90. The van der Waals surface area contributed by atoms with Crippen LogP contribution >= 0.6 is 0 Å². The van der Waals surface area contributed by atoms with E-state index in [1.807, 2.05) is 36.4 Å². The molecule has 0 radical (unpaired) electrons. The minimum atomic E-state index is -4.00. The number of amides is 2. The quantitative estimate of drug-likeness (QED) is 0.194. The average molecular weight is 619 g/mol. The van der Waals surface area contributed by atoms with Crippen molar-refractivity contribution < 1.29 is 18.0 Å². The van der Waals surface area contributed by atoms with Crippen LogP contribution in [0.25, 0.3) is 0 Å². The summed E-state index contributed by atoms with van der Waals surface area (Å²) in [6, 6.07) is 23.1. The topological polar surface area (TPSA) is 108 Å². The number of anilines is 2. The second-order valence-electron chi connectivity index (χ2n) is 12.2. The minimum absolute atomic E-state index is 0.0283. The maximum atomic E-state index is 13.7. The van der Waals surface area contributed by atoms with Crippen LogP contribution in [-0.4, -0.2) is 39.9 Å². The third kappa shape index (κ3) is 9.58. The van der Waals surface area contributed by atoms with Crippen molar-refractivity contribution in [1.82, 2.24) is 10.0 Å². The van der Waals surface area contributed by atoms with E-state index < -0.39 is 22.0 Å². The zero-order chi connectivity index (χ0) is 31.5. The Balaban J connectivity index is 1.53. The van der Waals surface area contributed by atoms with E-state index in [9.17, 15) is 18.0 Å². The van der Waals surface area contributed by atoms with Crippen molar-refractivity contribution in [2.75, 3.05) is 23.8 Å². The first-order valence-corrected chi connectivity index (χ1v) is 17.1. The van der Waals surface area contributed by atoms with Gasteiger partial charge in [0.15, 0.2) is 0 Å². The molecular formula is C35H46N4O4S. The number of rotatable bonds is 14. The van der Waals surface area contributed by atoms with Gasteiger partial charge in [0.1, 0.15) is 0 Å². The van der Waals surface area contributed by atoms with E-state index >= 15 is 0 Å². The van der Waals surface area contributed by atoms with Crippen molar-refractivity contribution in [2.24, 2.45) is 11.8 Å². The molecule has 2 amide bonds. The van der Waals surface area contributed by atoms with Gasteiger partial charge in [-0.1, -0.05) is 81.6 Å². The number of benzene rings is 3. The summed E-state index contributed by atoms with van der Waals surface area (Å²) in [5.74, 6) is -0.245. The average Bonchev–Trinajstić information content (AvgIpc) is 3.03. The Hall–Kier alpha value is -3.85. The molecule has 0 heterocycles. The van der Waals surface area contributed by atoms with Crippen molar-refractivity contribution in [1.29, 1.82) is 0 Å². The van der Waals surface area contributed by atoms with E-state index in [1.54, 1.807) is 18.2 Å². The second kappa shape index (κ2) is 15.7. The molecule has 3 N–H and O–H groups in total. The maximum Gasteiger partial charge on any atom is 0.264 e. The molecule has 1 saturated carbocycles. The zero-order valence-corrected chi connectivity index (χ0v) is 26.9. The Morgan fingerprint density at radius 1 is 0.909 bits per heavy atom. The molecule has 1 unspecified atom stereocenters. The third-order valence-electron chi connectivity index (χ3n) is 8.28. The molecule has 1 aliphatic carbocycles. The number of carbonyl (C=O) groups excluding carboxylic acids is 2. The summed E-state index contributed by atoms with van der Waals surface area (Å²) in [4.78, 5) is 29.0. The van der Waals surface area contributed by atoms with Gasteiger partial charge in [0.2, 0.25) is 5.91 Å². The maximum absolute atomic E-state index is 13.7. The second-order valence-corrected chi connectivity index (χ2v) is 13.9. The monoisotopic (exact) mass is 618 g/mol. The van der Waals surface area contributed by atoms with E-state index in [1.165, 1.54) is 12.1 Å². The van der Waals surface area contributed by atoms with Crippen molar-refractivity contribution in [3.8, 4) is 0 Å². The van der Waals surface area contributed by atoms with Crippen molar-refractivity contribution >= 4 is 33.2 Å². The van der Waals surface area contributed by atoms with Crippen molar-refractivity contribution in [3.05, 3.63) is 90.0 Å². The molecule has 0 bridgehead atoms. The molecule has 0 spiro atoms. The SMILES string of the molecule is CC(C)CCN(C)c1ccc(C(=O)NC(CC(=O)NS(=O)(=O)c2ccccc2)C2CCCCC2)cc1NCc1ccccc1. The largest absolute Gasteiger partial charge is 0.379 e. The molecule has 1 fully saturated rings. The van der Waals surface area contributed by atoms with E-state index in [0.717, 1.165) is 62.0 Å². The fourth-order valence-corrected chi connectivity index (χ4v) is 6.71. The molecule has 0 aliphatic heterocycles. The molecular weight excluding hydrogens is 572 g/mol. The van der Waals surface area contributed by atoms with Crippen LogP contribution in [0.4, 0.5) is 11.4 Å². The van der Waals surface area contributed by atoms with Crippen LogP contribution in [0.3, 0.4) is 0 Å². The number of sulfonamides is 1. The van der Waals surface area contributed by atoms with Crippen LogP contribution in [0.5, 0.6) is 0 Å². The Bertz CT molecular complexity index is 1470. The summed E-state index contributed by atoms with van der Waals surface area (Å²) in [5, 5.41) is 6.64. The van der Waals surface area contributed by atoms with Gasteiger partial charge in [0, 0.05) is 38.2 Å². The van der Waals surface area contributed by atoms with Crippen molar-refractivity contribution in [3.63, 3.8) is 0 Å². The summed E-state index contributed by atoms with van der Waals surface area (Å²) in [5.41, 5.74) is 3.48. The molecule has 236 valence electrons. The molecule has 0 saturated heterocycles. The van der Waals surface area contributed by atoms with Crippen LogP contribution in [-0.2, 0) is 21.4 Å². The number of hydrogen-bond acceptors (Lipinski definition) is 6. The van der Waals surface area contributed by atoms with Gasteiger partial charge >= 0.3 is 0 Å². The Labute approximate surface area is 262 Å². The summed E-state index contributed by atoms with van der Waals surface area (Å²) in [7, 11) is -1.94. The fourth-order valence-electron chi connectivity index (χ4n) is 5.69. The Kier molecular flexibility index (Phi) is 11.8. The predicted molar refractivity (Wildman–Crippen MR) is 177 cm³/mol. The van der Waals surface area contributed by atoms with Gasteiger partial charge in [-0.3, -0.25) is 9.59 Å². The van der Waals surface area contributed by atoms with E-state index in [2.05, 4.69) is 53.3 Å². The molecule has 8 nitrogen and oxygen atoms in total. The Morgan fingerprint density at radius 3 is 2.23 bits per heavy atom. The molecule has 1 aliphatic rings. The molecule has 44 heavy (non-hydrogen) atoms. The lowest BCUT2D eigenvalue weighted by molar-refractivity contribution is -0.120. The summed E-state index contributed by atoms with van der Waals surface area (Å²) in [6.07, 6.45) is 5.85. The smallest absolute Gasteiger partial charge is 0.264 e. The highest BCUT2D eigenvalue weighted by Gasteiger charge is 2.29. The number of hydrogen-bond donors (Lipinski definition) is 3. The number of nitrogens with zero attached hydrogens (tertiary/aromatic N) is 1. The Morgan fingerprint density at radius 2 is 1.57 bits per heavy atom. The summed E-state index contributed by atoms with van der Waals surface area (Å²) >= 11 is 0. The van der Waals surface area contributed by atoms with Crippen LogP contribution in [0.15, 0.2) is 83.8 Å². The van der Waals surface area contributed by atoms with Crippen LogP contribution in [0, 0.1) is 11.8 Å². The van der Waals surface area contributed by atoms with Crippen LogP contribution in [0.2, 0.25) is 0 Å². The van der Waals surface area contributed by atoms with Gasteiger partial charge in [-0.25, -0.2) is 13.1 Å². The van der Waals surface area contributed by atoms with Gasteiger partial charge < -0.3 is 15.5 Å². The van der Waals surface area contributed by atoms with E-state index in [-0.39, 0.29) is 23.1 Å². The molecule has 4 rings (SSSR count). The first-order chi connectivity index (χ1) is 21.1. The zero-order valence-electron chi connectivity index (χ0n) is 26.1. The lowest BCUT2D eigenvalue weighted by Crippen LogP contribution is -2.45. The number of nitrogens with one attached hydrogen (secondary N) is 3. The molecule has 9 heteroatoms. The van der Waals surface area contributed by atoms with Crippen LogP contribution < -0.4 is 20.3 Å². The first kappa shape index (κ1) is 33.1. The fraction of sp³-hybridized carbons (Fsp3) is 0.429. The van der Waals surface area contributed by atoms with Gasteiger partial charge in [-0.2, -0.15) is 0 Å². The van der Waals surface area contributed by atoms with Gasteiger partial charge in [0.05, 0.1) is 16.3 Å². The van der Waals surface area contributed by atoms with Crippen LogP contribution in [0.1, 0.15) is 74.7 Å². The van der Waals surface area contributed by atoms with Gasteiger partial charge in [-0.15, -0.1) is 0 Å². The molecule has 3 aromatic rings. The first-order valence-electron chi connectivity index (χ1n) is 15.7. The summed E-state index contributed by atoms with van der Waals surface area (Å²) < 4.78 is 27.8. The van der Waals surface area contributed by atoms with Gasteiger partial charge in [0.25, 0.3) is 15.9 Å². The normalized spacial score (nSPS) is 14.5. The minimum Gasteiger partial charge on any atom is -0.379 e. The molecule has 0 aromatic heterocycles. The lowest BCUT2D eigenvalue weighted by atomic mass is 9.82. The highest BCUT2D eigenvalue weighted by atomic mass is 32.2. The standard InChI is InChI=1S/C35H46N4O4S/c1-26(2)21-22-39(3)33-20-19-29(23-32(33)36-25-27-13-7-4-8-14-27)35(41)37-31(28-15-9-5-10-16-28)24-34(40)38-44(42,43)30-17-11-6-12-18-30/h4,6-8,11-14,17-20,23,26,28,31,36H,5,9-10,15-16,21-22,24-25H2,1-3H3,(H,37,41)(H,38,40). The third-order valence-corrected chi connectivity index (χ3v) is 9.67. The summed E-state index contributed by atoms with van der Waals surface area (Å²) in [6.45, 7) is 5.90. The number of carbonyl (C=O) groups is 2. The van der Waals surface area contributed by atoms with E-state index in [4.69, 9.17) is 0 Å². The van der Waals surface area contributed by atoms with Gasteiger partial charge in [-0.05, 0) is 67.0 Å². The lowest BCUT2D eigenvalue weighted by Gasteiger charge is -2.31. The molecule has 1 atom stereocenters.